The number of nitrogens with zero attached hydrogens (tertiary/aromatic N) is 2. The fraction of sp³-hybridized carbons (Fsp3) is 0.424. The average molecular weight is 513 g/mol. The fourth-order valence-electron chi connectivity index (χ4n) is 6.21. The van der Waals surface area contributed by atoms with Gasteiger partial charge in [-0.15, -0.1) is 0 Å². The molecule has 0 fully saturated rings. The van der Waals surface area contributed by atoms with E-state index in [1.807, 2.05) is 0 Å². The standard InChI is InChI=1S/C33H40N2O3/c1-6-34(7-2)27-17-15-25-21-26-12-10-11-24(32(26)38-30(25)22-27)16-18-31-33(4,5)28-13-8-9-14-29(28)35(31)19-20-37-23(3)36/h8-9,13-18,21-22,31H,6-7,10-12,19-20H2,1-5H3/b18-16+. The summed E-state index contributed by atoms with van der Waals surface area (Å²) in [4.78, 5) is 16.2. The second-order valence-electron chi connectivity index (χ2n) is 11.0. The monoisotopic (exact) mass is 512 g/mol. The molecule has 2 aliphatic heterocycles. The van der Waals surface area contributed by atoms with Crippen molar-refractivity contribution < 1.29 is 14.3 Å². The van der Waals surface area contributed by atoms with E-state index in [0.29, 0.717) is 13.2 Å². The van der Waals surface area contributed by atoms with Crippen LogP contribution in [0.25, 0.3) is 6.08 Å². The normalized spacial score (nSPS) is 19.4. The molecule has 1 atom stereocenters. The average Bonchev–Trinajstić information content (AvgIpc) is 3.12. The van der Waals surface area contributed by atoms with Crippen LogP contribution in [0.3, 0.4) is 0 Å². The van der Waals surface area contributed by atoms with Gasteiger partial charge in [0.25, 0.3) is 0 Å². The Hall–Kier alpha value is -3.47. The number of benzene rings is 2. The Morgan fingerprint density at radius 1 is 1.16 bits per heavy atom. The van der Waals surface area contributed by atoms with Crippen LogP contribution in [0.1, 0.15) is 65.0 Å². The van der Waals surface area contributed by atoms with Gasteiger partial charge in [0.05, 0.1) is 12.6 Å². The molecule has 5 heteroatoms. The van der Waals surface area contributed by atoms with Crippen LogP contribution >= 0.6 is 0 Å². The molecular formula is C33H40N2O3. The summed E-state index contributed by atoms with van der Waals surface area (Å²) in [7, 11) is 0. The second kappa shape index (κ2) is 10.7. The zero-order chi connectivity index (χ0) is 26.9. The van der Waals surface area contributed by atoms with Crippen molar-refractivity contribution in [1.29, 1.82) is 0 Å². The van der Waals surface area contributed by atoms with Gasteiger partial charge in [0, 0.05) is 48.4 Å². The fourth-order valence-corrected chi connectivity index (χ4v) is 6.21. The van der Waals surface area contributed by atoms with E-state index in [4.69, 9.17) is 9.47 Å². The highest BCUT2D eigenvalue weighted by Gasteiger charge is 2.43. The maximum absolute atomic E-state index is 11.4. The van der Waals surface area contributed by atoms with E-state index in [1.165, 1.54) is 35.0 Å². The highest BCUT2D eigenvalue weighted by Crippen LogP contribution is 2.46. The molecule has 0 N–H and O–H groups in total. The van der Waals surface area contributed by atoms with Gasteiger partial charge < -0.3 is 19.3 Å². The van der Waals surface area contributed by atoms with Gasteiger partial charge >= 0.3 is 5.97 Å². The predicted octanol–water partition coefficient (Wildman–Crippen LogP) is 7.03. The molecule has 2 heterocycles. The number of ether oxygens (including phenoxy) is 2. The van der Waals surface area contributed by atoms with Crippen molar-refractivity contribution in [2.75, 3.05) is 36.0 Å². The van der Waals surface area contributed by atoms with Gasteiger partial charge in [0.2, 0.25) is 0 Å². The molecule has 5 rings (SSSR count). The van der Waals surface area contributed by atoms with Crippen LogP contribution < -0.4 is 14.5 Å². The smallest absolute Gasteiger partial charge is 0.302 e. The largest absolute Gasteiger partial charge is 0.464 e. The van der Waals surface area contributed by atoms with Gasteiger partial charge in [0.15, 0.2) is 0 Å². The van der Waals surface area contributed by atoms with Crippen molar-refractivity contribution in [2.45, 2.75) is 65.3 Å². The van der Waals surface area contributed by atoms with Crippen LogP contribution in [-0.4, -0.2) is 38.3 Å². The lowest BCUT2D eigenvalue weighted by Crippen LogP contribution is -2.41. The topological polar surface area (TPSA) is 42.0 Å². The Morgan fingerprint density at radius 3 is 2.71 bits per heavy atom. The van der Waals surface area contributed by atoms with E-state index in [1.54, 1.807) is 0 Å². The number of allylic oxidation sites excluding steroid dienone is 3. The van der Waals surface area contributed by atoms with Crippen molar-refractivity contribution in [3.63, 3.8) is 0 Å². The molecule has 0 amide bonds. The number of anilines is 2. The Kier molecular flexibility index (Phi) is 7.38. The van der Waals surface area contributed by atoms with Gasteiger partial charge in [-0.2, -0.15) is 0 Å². The number of para-hydroxylation sites is 1. The molecule has 0 aromatic heterocycles. The minimum atomic E-state index is -0.240. The lowest BCUT2D eigenvalue weighted by Gasteiger charge is -2.33. The number of rotatable bonds is 8. The van der Waals surface area contributed by atoms with Gasteiger partial charge in [-0.05, 0) is 74.1 Å². The molecule has 3 aliphatic rings. The third kappa shape index (κ3) is 4.87. The first-order chi connectivity index (χ1) is 18.3. The SMILES string of the molecule is CCN(CC)c1ccc2c(c1)OC1=C(/C=C/C3N(CCOC(C)=O)c4ccccc4C3(C)C)CCCC1=C2. The third-order valence-electron chi connectivity index (χ3n) is 8.24. The molecule has 0 bridgehead atoms. The van der Waals surface area contributed by atoms with Crippen molar-refractivity contribution in [1.82, 2.24) is 0 Å². The molecule has 0 saturated carbocycles. The zero-order valence-corrected chi connectivity index (χ0v) is 23.4. The van der Waals surface area contributed by atoms with Gasteiger partial charge in [-0.3, -0.25) is 4.79 Å². The zero-order valence-electron chi connectivity index (χ0n) is 23.4. The molecule has 38 heavy (non-hydrogen) atoms. The summed E-state index contributed by atoms with van der Waals surface area (Å²) in [6.07, 6.45) is 10.1. The molecule has 0 radical (unpaired) electrons. The Balaban J connectivity index is 1.46. The second-order valence-corrected chi connectivity index (χ2v) is 11.0. The Morgan fingerprint density at radius 2 is 1.95 bits per heavy atom. The first kappa shape index (κ1) is 26.1. The first-order valence-corrected chi connectivity index (χ1v) is 14.0. The van der Waals surface area contributed by atoms with Crippen LogP contribution in [0, 0.1) is 0 Å². The van der Waals surface area contributed by atoms with Crippen LogP contribution in [0.15, 0.2) is 71.5 Å². The molecule has 5 nitrogen and oxygen atoms in total. The van der Waals surface area contributed by atoms with Crippen molar-refractivity contribution in [3.05, 3.63) is 82.6 Å². The minimum absolute atomic E-state index is 0.0828. The number of fused-ring (bicyclic) bond motifs is 3. The van der Waals surface area contributed by atoms with E-state index in [-0.39, 0.29) is 17.4 Å². The highest BCUT2D eigenvalue weighted by molar-refractivity contribution is 5.72. The summed E-state index contributed by atoms with van der Waals surface area (Å²) in [5, 5.41) is 0. The minimum Gasteiger partial charge on any atom is -0.464 e. The Labute approximate surface area is 227 Å². The molecule has 0 saturated heterocycles. The van der Waals surface area contributed by atoms with Crippen LogP contribution in [0.5, 0.6) is 5.75 Å². The predicted molar refractivity (Wildman–Crippen MR) is 156 cm³/mol. The Bertz CT molecular complexity index is 1300. The maximum atomic E-state index is 11.4. The molecule has 1 unspecified atom stereocenters. The lowest BCUT2D eigenvalue weighted by atomic mass is 9.80. The summed E-state index contributed by atoms with van der Waals surface area (Å²) >= 11 is 0. The molecule has 200 valence electrons. The summed E-state index contributed by atoms with van der Waals surface area (Å²) in [6, 6.07) is 15.3. The lowest BCUT2D eigenvalue weighted by molar-refractivity contribution is -0.140. The quantitative estimate of drug-likeness (QED) is 0.355. The summed E-state index contributed by atoms with van der Waals surface area (Å²) in [5.41, 5.74) is 7.37. The molecule has 1 aliphatic carbocycles. The third-order valence-corrected chi connectivity index (χ3v) is 8.24. The summed E-state index contributed by atoms with van der Waals surface area (Å²) in [6.45, 7) is 13.4. The molecular weight excluding hydrogens is 472 g/mol. The van der Waals surface area contributed by atoms with E-state index >= 15 is 0 Å². The van der Waals surface area contributed by atoms with E-state index < -0.39 is 0 Å². The van der Waals surface area contributed by atoms with Crippen molar-refractivity contribution in [3.8, 4) is 5.75 Å². The number of carbonyl (C=O) groups excluding carboxylic acids is 1. The number of hydrogen-bond donors (Lipinski definition) is 0. The summed E-state index contributed by atoms with van der Waals surface area (Å²) < 4.78 is 12.0. The van der Waals surface area contributed by atoms with E-state index in [2.05, 4.69) is 98.2 Å². The van der Waals surface area contributed by atoms with Crippen LogP contribution in [0.4, 0.5) is 11.4 Å². The van der Waals surface area contributed by atoms with Crippen LogP contribution in [0.2, 0.25) is 0 Å². The molecule has 2 aromatic rings. The molecule has 2 aromatic carbocycles. The maximum Gasteiger partial charge on any atom is 0.302 e. The van der Waals surface area contributed by atoms with Gasteiger partial charge in [0.1, 0.15) is 18.1 Å². The van der Waals surface area contributed by atoms with E-state index in [0.717, 1.165) is 49.4 Å². The number of esters is 1. The first-order valence-electron chi connectivity index (χ1n) is 14.0. The summed E-state index contributed by atoms with van der Waals surface area (Å²) in [5.74, 6) is 1.73. The van der Waals surface area contributed by atoms with Crippen molar-refractivity contribution in [2.24, 2.45) is 0 Å². The van der Waals surface area contributed by atoms with Gasteiger partial charge in [-0.1, -0.05) is 44.2 Å². The van der Waals surface area contributed by atoms with Crippen molar-refractivity contribution >= 4 is 23.4 Å². The number of hydrogen-bond acceptors (Lipinski definition) is 5. The highest BCUT2D eigenvalue weighted by atomic mass is 16.5. The van der Waals surface area contributed by atoms with Crippen LogP contribution in [-0.2, 0) is 14.9 Å². The molecule has 0 spiro atoms. The number of carbonyl (C=O) groups is 1. The van der Waals surface area contributed by atoms with Gasteiger partial charge in [-0.25, -0.2) is 0 Å². The van der Waals surface area contributed by atoms with E-state index in [9.17, 15) is 4.79 Å².